The predicted molar refractivity (Wildman–Crippen MR) is 58.7 cm³/mol. The van der Waals surface area contributed by atoms with E-state index in [9.17, 15) is 5.11 Å². The van der Waals surface area contributed by atoms with E-state index < -0.39 is 5.60 Å². The van der Waals surface area contributed by atoms with Crippen molar-refractivity contribution in [1.82, 2.24) is 9.78 Å². The van der Waals surface area contributed by atoms with Crippen molar-refractivity contribution in [3.05, 3.63) is 16.9 Å². The number of hydrogen-bond donors (Lipinski definition) is 2. The molecule has 2 rings (SSSR count). The highest BCUT2D eigenvalue weighted by Crippen LogP contribution is 2.43. The molecule has 0 aliphatic heterocycles. The van der Waals surface area contributed by atoms with E-state index in [-0.39, 0.29) is 12.1 Å². The Balaban J connectivity index is 2.38. The third kappa shape index (κ3) is 1.67. The first-order valence-corrected chi connectivity index (χ1v) is 5.53. The number of hydrogen-bond acceptors (Lipinski definition) is 3. The molecule has 0 saturated heterocycles. The minimum Gasteiger partial charge on any atom is -0.383 e. The molecule has 0 unspecified atom stereocenters. The van der Waals surface area contributed by atoms with Crippen LogP contribution in [-0.2, 0) is 5.60 Å². The topological polar surface area (TPSA) is 64.1 Å². The van der Waals surface area contributed by atoms with Gasteiger partial charge in [-0.2, -0.15) is 5.10 Å². The Morgan fingerprint density at radius 1 is 1.67 bits per heavy atom. The largest absolute Gasteiger partial charge is 0.383 e. The molecule has 1 aromatic rings. The number of nitrogens with two attached hydrogens (primary N) is 1. The van der Waals surface area contributed by atoms with Crippen LogP contribution in [0.15, 0.2) is 6.20 Å². The van der Waals surface area contributed by atoms with E-state index in [2.05, 4.69) is 5.10 Å². The zero-order valence-corrected chi connectivity index (χ0v) is 9.70. The summed E-state index contributed by atoms with van der Waals surface area (Å²) in [5.41, 5.74) is 5.54. The Morgan fingerprint density at radius 3 is 2.73 bits per heavy atom. The van der Waals surface area contributed by atoms with Crippen LogP contribution in [0.25, 0.3) is 0 Å². The lowest BCUT2D eigenvalue weighted by atomic mass is 9.74. The Kier molecular flexibility index (Phi) is 2.53. The van der Waals surface area contributed by atoms with Crippen LogP contribution >= 0.6 is 11.6 Å². The summed E-state index contributed by atoms with van der Waals surface area (Å²) in [6.45, 7) is 4.02. The number of aliphatic hydroxyl groups is 1. The predicted octanol–water partition coefficient (Wildman–Crippen LogP) is 1.43. The fourth-order valence-corrected chi connectivity index (χ4v) is 2.48. The molecule has 1 aliphatic carbocycles. The van der Waals surface area contributed by atoms with Crippen LogP contribution in [0.4, 0.5) is 0 Å². The van der Waals surface area contributed by atoms with Gasteiger partial charge in [-0.05, 0) is 26.7 Å². The zero-order valence-electron chi connectivity index (χ0n) is 8.94. The third-order valence-electron chi connectivity index (χ3n) is 2.88. The average Bonchev–Trinajstić information content (AvgIpc) is 2.44. The first-order valence-electron chi connectivity index (χ1n) is 5.15. The van der Waals surface area contributed by atoms with Gasteiger partial charge in [0.05, 0.1) is 16.9 Å². The summed E-state index contributed by atoms with van der Waals surface area (Å²) >= 11 is 6.05. The van der Waals surface area contributed by atoms with Crippen molar-refractivity contribution in [3.63, 3.8) is 0 Å². The molecule has 1 heterocycles. The van der Waals surface area contributed by atoms with Crippen LogP contribution in [-0.4, -0.2) is 20.9 Å². The molecule has 0 amide bonds. The Morgan fingerprint density at radius 2 is 2.27 bits per heavy atom. The van der Waals surface area contributed by atoms with Crippen molar-refractivity contribution in [1.29, 1.82) is 0 Å². The van der Waals surface area contributed by atoms with Crippen molar-refractivity contribution in [2.45, 2.75) is 44.4 Å². The maximum absolute atomic E-state index is 10.3. The average molecular weight is 230 g/mol. The molecule has 4 nitrogen and oxygen atoms in total. The Labute approximate surface area is 94.0 Å². The number of nitrogens with zero attached hydrogens (tertiary/aromatic N) is 2. The number of halogens is 1. The molecule has 5 heteroatoms. The van der Waals surface area contributed by atoms with Crippen molar-refractivity contribution in [2.75, 3.05) is 0 Å². The molecule has 3 N–H and O–H groups in total. The fourth-order valence-electron chi connectivity index (χ4n) is 2.17. The van der Waals surface area contributed by atoms with Gasteiger partial charge >= 0.3 is 0 Å². The van der Waals surface area contributed by atoms with Crippen LogP contribution in [0.1, 0.15) is 38.4 Å². The molecule has 1 saturated carbocycles. The van der Waals surface area contributed by atoms with Crippen molar-refractivity contribution < 1.29 is 5.11 Å². The fraction of sp³-hybridized carbons (Fsp3) is 0.700. The molecular weight excluding hydrogens is 214 g/mol. The van der Waals surface area contributed by atoms with Gasteiger partial charge in [0, 0.05) is 12.1 Å². The standard InChI is InChI=1S/C10H16ClN3O/c1-6(2)14-9(8(11)5-13-14)10(15)3-7(12)4-10/h5-7,15H,3-4,12H2,1-2H3. The van der Waals surface area contributed by atoms with Gasteiger partial charge in [0.15, 0.2) is 0 Å². The summed E-state index contributed by atoms with van der Waals surface area (Å²) in [7, 11) is 0. The second-order valence-electron chi connectivity index (χ2n) is 4.58. The highest BCUT2D eigenvalue weighted by atomic mass is 35.5. The maximum atomic E-state index is 10.3. The molecule has 0 bridgehead atoms. The maximum Gasteiger partial charge on any atom is 0.111 e. The number of rotatable bonds is 2. The van der Waals surface area contributed by atoms with Crippen molar-refractivity contribution in [2.24, 2.45) is 5.73 Å². The molecule has 0 atom stereocenters. The second kappa shape index (κ2) is 3.47. The summed E-state index contributed by atoms with van der Waals surface area (Å²) in [5.74, 6) is 0. The van der Waals surface area contributed by atoms with E-state index in [4.69, 9.17) is 17.3 Å². The van der Waals surface area contributed by atoms with Crippen LogP contribution in [0.3, 0.4) is 0 Å². The van der Waals surface area contributed by atoms with Crippen molar-refractivity contribution in [3.8, 4) is 0 Å². The number of aromatic nitrogens is 2. The lowest BCUT2D eigenvalue weighted by molar-refractivity contribution is -0.0600. The van der Waals surface area contributed by atoms with Crippen LogP contribution < -0.4 is 5.73 Å². The molecular formula is C10H16ClN3O. The minimum absolute atomic E-state index is 0.0709. The van der Waals surface area contributed by atoms with E-state index in [0.717, 1.165) is 0 Å². The highest BCUT2D eigenvalue weighted by molar-refractivity contribution is 6.31. The highest BCUT2D eigenvalue weighted by Gasteiger charge is 2.46. The zero-order chi connectivity index (χ0) is 11.2. The van der Waals surface area contributed by atoms with E-state index in [0.29, 0.717) is 23.6 Å². The van der Waals surface area contributed by atoms with Gasteiger partial charge in [0.1, 0.15) is 5.60 Å². The minimum atomic E-state index is -0.878. The van der Waals surface area contributed by atoms with Gasteiger partial charge in [-0.1, -0.05) is 11.6 Å². The smallest absolute Gasteiger partial charge is 0.111 e. The third-order valence-corrected chi connectivity index (χ3v) is 3.16. The van der Waals surface area contributed by atoms with Gasteiger partial charge in [-0.25, -0.2) is 0 Å². The molecule has 1 fully saturated rings. The van der Waals surface area contributed by atoms with Crippen molar-refractivity contribution >= 4 is 11.6 Å². The summed E-state index contributed by atoms with van der Waals surface area (Å²) in [5, 5.41) is 15.0. The summed E-state index contributed by atoms with van der Waals surface area (Å²) in [6, 6.07) is 0.259. The first-order chi connectivity index (χ1) is 6.94. The van der Waals surface area contributed by atoms with Crippen LogP contribution in [0.5, 0.6) is 0 Å². The van der Waals surface area contributed by atoms with Gasteiger partial charge in [-0.3, -0.25) is 4.68 Å². The summed E-state index contributed by atoms with van der Waals surface area (Å²) in [6.07, 6.45) is 2.70. The second-order valence-corrected chi connectivity index (χ2v) is 4.99. The molecule has 0 spiro atoms. The van der Waals surface area contributed by atoms with Crippen LogP contribution in [0, 0.1) is 0 Å². The molecule has 1 aliphatic rings. The molecule has 0 aromatic carbocycles. The van der Waals surface area contributed by atoms with Gasteiger partial charge in [0.2, 0.25) is 0 Å². The van der Waals surface area contributed by atoms with E-state index in [1.54, 1.807) is 10.9 Å². The van der Waals surface area contributed by atoms with Gasteiger partial charge in [-0.15, -0.1) is 0 Å². The SMILES string of the molecule is CC(C)n1ncc(Cl)c1C1(O)CC(N)C1. The van der Waals surface area contributed by atoms with Crippen LogP contribution in [0.2, 0.25) is 5.02 Å². The van der Waals surface area contributed by atoms with E-state index >= 15 is 0 Å². The quantitative estimate of drug-likeness (QED) is 0.807. The summed E-state index contributed by atoms with van der Waals surface area (Å²) in [4.78, 5) is 0. The molecule has 0 radical (unpaired) electrons. The lowest BCUT2D eigenvalue weighted by Gasteiger charge is -2.42. The summed E-state index contributed by atoms with van der Waals surface area (Å²) < 4.78 is 1.77. The molecule has 15 heavy (non-hydrogen) atoms. The van der Waals surface area contributed by atoms with E-state index in [1.807, 2.05) is 13.8 Å². The van der Waals surface area contributed by atoms with Gasteiger partial charge in [0.25, 0.3) is 0 Å². The Bertz CT molecular complexity index is 369. The molecule has 84 valence electrons. The molecule has 1 aromatic heterocycles. The first kappa shape index (κ1) is 10.9. The lowest BCUT2D eigenvalue weighted by Crippen LogP contribution is -2.50. The Hall–Kier alpha value is -0.580. The van der Waals surface area contributed by atoms with E-state index in [1.165, 1.54) is 0 Å². The normalized spacial score (nSPS) is 30.7. The monoisotopic (exact) mass is 229 g/mol. The van der Waals surface area contributed by atoms with Gasteiger partial charge < -0.3 is 10.8 Å².